The van der Waals surface area contributed by atoms with Crippen LogP contribution in [0.5, 0.6) is 0 Å². The molecule has 18 heteroatoms. The van der Waals surface area contributed by atoms with Gasteiger partial charge in [-0.2, -0.15) is 0 Å². The molecule has 452 valence electrons. The number of benzene rings is 2. The van der Waals surface area contributed by atoms with Gasteiger partial charge in [0.15, 0.2) is 0 Å². The van der Waals surface area contributed by atoms with Crippen LogP contribution in [0.15, 0.2) is 24.3 Å². The molecule has 1 fully saturated rings. The van der Waals surface area contributed by atoms with Crippen molar-refractivity contribution in [3.63, 3.8) is 0 Å². The van der Waals surface area contributed by atoms with E-state index in [1.165, 1.54) is 0 Å². The second kappa shape index (κ2) is 23.1. The topological polar surface area (TPSA) is 18.5 Å². The summed E-state index contributed by atoms with van der Waals surface area (Å²) in [7, 11) is -25.5. The Kier molecular flexibility index (Phi) is 22.3. The Labute approximate surface area is 520 Å². The molecule has 2 aromatic carbocycles. The quantitative estimate of drug-likeness (QED) is 0.109. The van der Waals surface area contributed by atoms with Gasteiger partial charge in [-0.3, -0.25) is 0 Å². The van der Waals surface area contributed by atoms with Crippen molar-refractivity contribution in [3.05, 3.63) is 57.6 Å². The Bertz CT molecular complexity index is 2040. The molecule has 0 atom stereocenters. The van der Waals surface area contributed by atoms with Gasteiger partial charge < -0.3 is 0 Å². The molecule has 1 aliphatic heterocycles. The fraction of sp³-hybridized carbons (Fsp3) is 0.800. The third-order valence-corrected chi connectivity index (χ3v) is 116. The van der Waals surface area contributed by atoms with E-state index in [-0.39, 0.29) is 0 Å². The zero-order valence-electron chi connectivity index (χ0n) is 60.3. The summed E-state index contributed by atoms with van der Waals surface area (Å²) in [5, 5.41) is 2.51. The number of hydrogen-bond donors (Lipinski definition) is 0. The summed E-state index contributed by atoms with van der Waals surface area (Å²) >= 11 is -6.14. The Morgan fingerprint density at radius 2 is 0.372 bits per heavy atom. The van der Waals surface area contributed by atoms with Gasteiger partial charge in [-0.15, -0.1) is 0 Å². The van der Waals surface area contributed by atoms with Gasteiger partial charge in [0.05, 0.1) is 0 Å². The average molecular weight is 1520 g/mol. The van der Waals surface area contributed by atoms with Gasteiger partial charge in [-0.25, -0.2) is 0 Å². The average Bonchev–Trinajstić information content (AvgIpc) is 3.00. The van der Waals surface area contributed by atoms with E-state index in [1.807, 2.05) is 0 Å². The van der Waals surface area contributed by atoms with Gasteiger partial charge in [-0.1, -0.05) is 0 Å². The summed E-state index contributed by atoms with van der Waals surface area (Å²) in [6.45, 7) is 116. The summed E-state index contributed by atoms with van der Waals surface area (Å²) in [6.07, 6.45) is 0. The Morgan fingerprint density at radius 3 is 0.474 bits per heavy atom. The first kappa shape index (κ1) is 75.3. The summed E-state index contributed by atoms with van der Waals surface area (Å²) < 4.78 is 21.2. The maximum atomic E-state index is 8.55. The normalized spacial score (nSPS) is 17.1. The van der Waals surface area contributed by atoms with E-state index < -0.39 is 155 Å². The van der Waals surface area contributed by atoms with Crippen molar-refractivity contribution in [1.29, 1.82) is 0 Å². The molecule has 78 heavy (non-hydrogen) atoms. The molecule has 0 aliphatic carbocycles. The van der Waals surface area contributed by atoms with E-state index in [9.17, 15) is 0 Å². The van der Waals surface area contributed by atoms with E-state index in [1.54, 1.807) is 40.4 Å². The zero-order valence-corrected chi connectivity index (χ0v) is 79.4. The molecule has 2 aromatic rings. The SMILES string of the molecule is C[Si](C)(C)C(c1cc(C([Si](C)(C)C)([Si](C)(C)C)[Si](C)(C)C)cc(C([Si](C)(C)C)[Si](C)(C)C)[c]1[Sb]1[O][Sb]([c]2c(C([Si](C)(C)C)[Si](C)(C)C)cc(C([Si](C)(C)C)([Si](C)(C)C)[Si](C)(C)C)cc2C([Si](C)(C)C)[Si](C)(C)C)[O]1)[Si](C)(C)C. The van der Waals surface area contributed by atoms with Crippen molar-refractivity contribution >= 4 is 162 Å². The molecular formula is C60H134O2Sb2Si14. The van der Waals surface area contributed by atoms with Crippen molar-refractivity contribution in [1.82, 2.24) is 0 Å². The van der Waals surface area contributed by atoms with Crippen LogP contribution in [-0.4, -0.2) is 155 Å². The van der Waals surface area contributed by atoms with Gasteiger partial charge in [0.25, 0.3) is 0 Å². The molecule has 0 N–H and O–H groups in total. The predicted octanol–water partition coefficient (Wildman–Crippen LogP) is 19.9. The van der Waals surface area contributed by atoms with Crippen molar-refractivity contribution in [2.24, 2.45) is 0 Å². The van der Waals surface area contributed by atoms with Crippen LogP contribution in [0, 0.1) is 0 Å². The fourth-order valence-electron chi connectivity index (χ4n) is 21.7. The molecule has 0 radical (unpaired) electrons. The fourth-order valence-corrected chi connectivity index (χ4v) is 153. The number of hydrogen-bond acceptors (Lipinski definition) is 2. The molecule has 3 rings (SSSR count). The molecule has 1 saturated heterocycles. The van der Waals surface area contributed by atoms with E-state index in [0.29, 0.717) is 29.2 Å². The van der Waals surface area contributed by atoms with Crippen LogP contribution in [0.4, 0.5) is 0 Å². The zero-order chi connectivity index (χ0) is 62.3. The molecule has 1 heterocycles. The third kappa shape index (κ3) is 14.7. The summed E-state index contributed by atoms with van der Waals surface area (Å²) in [6, 6.07) is 12.1. The standard InChI is InChI=1S/2C30H67Si7.2O.2Sb/c2*1-31(2,3)28(32(4,5)6)25-22-26(29(33(7,8)9)34(10,11)12)24-27(23-25)30(35(13,14)15,36(16,17)18)37(19,20)21;;;;/h2*23-24,28-29H,1-21H3;;;;. The molecule has 0 saturated carbocycles. The molecule has 0 bridgehead atoms. The van der Waals surface area contributed by atoms with Crippen molar-refractivity contribution in [2.75, 3.05) is 0 Å². The first-order valence-electron chi connectivity index (χ1n) is 31.0. The Morgan fingerprint density at radius 1 is 0.244 bits per heavy atom. The minimum absolute atomic E-state index is 0.295. The first-order valence-corrected chi connectivity index (χ1v) is 87.3. The van der Waals surface area contributed by atoms with Crippen molar-refractivity contribution in [2.45, 2.75) is 304 Å². The second-order valence-corrected chi connectivity index (χ2v) is 132. The summed E-state index contributed by atoms with van der Waals surface area (Å²) in [5.74, 6) is 0. The van der Waals surface area contributed by atoms with E-state index in [4.69, 9.17) is 2.59 Å². The van der Waals surface area contributed by atoms with E-state index >= 15 is 0 Å². The summed E-state index contributed by atoms with van der Waals surface area (Å²) in [4.78, 5) is 0. The van der Waals surface area contributed by atoms with Gasteiger partial charge in [0.2, 0.25) is 0 Å². The van der Waals surface area contributed by atoms with Gasteiger partial charge >= 0.3 is 527 Å². The predicted molar refractivity (Wildman–Crippen MR) is 407 cm³/mol. The number of rotatable bonds is 22. The van der Waals surface area contributed by atoms with Crippen LogP contribution in [-0.2, 0) is 11.2 Å². The van der Waals surface area contributed by atoms with Crippen LogP contribution in [0.3, 0.4) is 0 Å². The van der Waals surface area contributed by atoms with Crippen LogP contribution >= 0.6 is 0 Å². The minimum atomic E-state index is -3.07. The monoisotopic (exact) mass is 1520 g/mol. The Hall–Kier alpha value is 3.03. The molecule has 0 unspecified atom stereocenters. The van der Waals surface area contributed by atoms with Crippen molar-refractivity contribution in [3.8, 4) is 0 Å². The van der Waals surface area contributed by atoms with Crippen LogP contribution in [0.1, 0.15) is 54.0 Å². The van der Waals surface area contributed by atoms with Gasteiger partial charge in [-0.05, 0) is 0 Å². The Balaban J connectivity index is 3.02. The summed E-state index contributed by atoms with van der Waals surface area (Å²) in [5.41, 5.74) is 10.7. The molecule has 0 spiro atoms. The molecule has 0 amide bonds. The second-order valence-electron chi connectivity index (χ2n) is 40.3. The maximum absolute atomic E-state index is 8.55. The third-order valence-electron chi connectivity index (χ3n) is 18.8. The van der Waals surface area contributed by atoms with E-state index in [2.05, 4.69) is 299 Å². The van der Waals surface area contributed by atoms with Crippen molar-refractivity contribution < 1.29 is 2.59 Å². The first-order chi connectivity index (χ1) is 33.6. The van der Waals surface area contributed by atoms with Crippen LogP contribution in [0.25, 0.3) is 0 Å². The van der Waals surface area contributed by atoms with E-state index in [0.717, 1.165) is 0 Å². The molecule has 0 aromatic heterocycles. The van der Waals surface area contributed by atoms with Crippen LogP contribution in [0.2, 0.25) is 275 Å². The van der Waals surface area contributed by atoms with Crippen LogP contribution < -0.4 is 7.02 Å². The molecule has 2 nitrogen and oxygen atoms in total. The van der Waals surface area contributed by atoms with Gasteiger partial charge in [0.1, 0.15) is 0 Å². The molecular weight excluding hydrogens is 1390 g/mol. The molecule has 1 aliphatic rings. The van der Waals surface area contributed by atoms with Gasteiger partial charge in [0, 0.05) is 0 Å².